The summed E-state index contributed by atoms with van der Waals surface area (Å²) in [4.78, 5) is 35.6. The van der Waals surface area contributed by atoms with Gasteiger partial charge in [-0.15, -0.1) is 11.3 Å². The largest absolute Gasteiger partial charge is 0.482 e. The molecular weight excluding hydrogens is 342 g/mol. The molecule has 0 saturated heterocycles. The lowest BCUT2D eigenvalue weighted by Crippen LogP contribution is -2.31. The molecule has 0 aliphatic carbocycles. The van der Waals surface area contributed by atoms with Gasteiger partial charge in [0.15, 0.2) is 19.0 Å². The van der Waals surface area contributed by atoms with Crippen LogP contribution >= 0.6 is 11.3 Å². The molecule has 1 amide bonds. The molecule has 0 aliphatic heterocycles. The number of nitrogens with one attached hydrogen (secondary N) is 1. The predicted molar refractivity (Wildman–Crippen MR) is 93.8 cm³/mol. The van der Waals surface area contributed by atoms with Gasteiger partial charge >= 0.3 is 5.97 Å². The molecular formula is C18H19NO5S. The number of ketones is 1. The van der Waals surface area contributed by atoms with Crippen LogP contribution in [0.1, 0.15) is 35.1 Å². The van der Waals surface area contributed by atoms with E-state index in [1.54, 1.807) is 35.6 Å². The molecule has 0 fully saturated rings. The van der Waals surface area contributed by atoms with Crippen LogP contribution in [-0.2, 0) is 14.3 Å². The topological polar surface area (TPSA) is 81.7 Å². The summed E-state index contributed by atoms with van der Waals surface area (Å²) in [7, 11) is 0. The summed E-state index contributed by atoms with van der Waals surface area (Å²) in [5, 5.41) is 4.68. The second-order valence-electron chi connectivity index (χ2n) is 5.33. The molecule has 1 aromatic carbocycles. The van der Waals surface area contributed by atoms with Crippen LogP contribution in [0.2, 0.25) is 0 Å². The highest BCUT2D eigenvalue weighted by molar-refractivity contribution is 7.10. The van der Waals surface area contributed by atoms with Crippen molar-refractivity contribution in [2.75, 3.05) is 13.2 Å². The minimum Gasteiger partial charge on any atom is -0.482 e. The van der Waals surface area contributed by atoms with Crippen LogP contribution in [0.3, 0.4) is 0 Å². The molecule has 0 saturated carbocycles. The van der Waals surface area contributed by atoms with Crippen LogP contribution in [0, 0.1) is 0 Å². The first-order valence-electron chi connectivity index (χ1n) is 7.68. The van der Waals surface area contributed by atoms with E-state index in [1.807, 2.05) is 24.4 Å². The molecule has 1 heterocycles. The summed E-state index contributed by atoms with van der Waals surface area (Å²) in [6.07, 6.45) is 0. The molecule has 0 unspecified atom stereocenters. The number of amides is 1. The average molecular weight is 361 g/mol. The summed E-state index contributed by atoms with van der Waals surface area (Å²) < 4.78 is 10.1. The van der Waals surface area contributed by atoms with Gasteiger partial charge in [-0.2, -0.15) is 0 Å². The lowest BCUT2D eigenvalue weighted by Gasteiger charge is -2.12. The first kappa shape index (κ1) is 18.7. The normalized spacial score (nSPS) is 11.4. The number of carbonyl (C=O) groups is 3. The molecule has 6 nitrogen and oxygen atoms in total. The number of hydrogen-bond acceptors (Lipinski definition) is 6. The number of ether oxygens (including phenoxy) is 2. The van der Waals surface area contributed by atoms with Gasteiger partial charge < -0.3 is 14.8 Å². The number of thiophene rings is 1. The molecule has 1 aromatic heterocycles. The van der Waals surface area contributed by atoms with Crippen molar-refractivity contribution in [3.05, 3.63) is 52.2 Å². The molecule has 0 radical (unpaired) electrons. The van der Waals surface area contributed by atoms with Crippen LogP contribution in [0.4, 0.5) is 0 Å². The highest BCUT2D eigenvalue weighted by Gasteiger charge is 2.13. The van der Waals surface area contributed by atoms with Gasteiger partial charge in [0.25, 0.3) is 5.91 Å². The number of rotatable bonds is 8. The van der Waals surface area contributed by atoms with Crippen LogP contribution in [0.5, 0.6) is 5.75 Å². The Morgan fingerprint density at radius 3 is 2.44 bits per heavy atom. The Kier molecular flexibility index (Phi) is 6.71. The van der Waals surface area contributed by atoms with Crippen LogP contribution < -0.4 is 10.1 Å². The van der Waals surface area contributed by atoms with E-state index in [0.29, 0.717) is 11.3 Å². The fraction of sp³-hybridized carbons (Fsp3) is 0.278. The fourth-order valence-corrected chi connectivity index (χ4v) is 2.74. The van der Waals surface area contributed by atoms with Crippen LogP contribution in [0.25, 0.3) is 0 Å². The maximum Gasteiger partial charge on any atom is 0.344 e. The first-order chi connectivity index (χ1) is 12.0. The molecule has 2 rings (SSSR count). The minimum absolute atomic E-state index is 0.0475. The van der Waals surface area contributed by atoms with Gasteiger partial charge in [-0.1, -0.05) is 6.07 Å². The Bertz CT molecular complexity index is 724. The first-order valence-corrected chi connectivity index (χ1v) is 8.56. The zero-order chi connectivity index (χ0) is 18.2. The highest BCUT2D eigenvalue weighted by Crippen LogP contribution is 2.17. The van der Waals surface area contributed by atoms with Gasteiger partial charge in [-0.25, -0.2) is 4.79 Å². The van der Waals surface area contributed by atoms with E-state index < -0.39 is 5.97 Å². The van der Waals surface area contributed by atoms with Gasteiger partial charge in [-0.3, -0.25) is 9.59 Å². The maximum atomic E-state index is 11.8. The lowest BCUT2D eigenvalue weighted by molar-refractivity contribution is -0.150. The highest BCUT2D eigenvalue weighted by atomic mass is 32.1. The van der Waals surface area contributed by atoms with Crippen molar-refractivity contribution in [3.63, 3.8) is 0 Å². The predicted octanol–water partition coefficient (Wildman–Crippen LogP) is 2.75. The van der Waals surface area contributed by atoms with Crippen molar-refractivity contribution in [3.8, 4) is 5.75 Å². The zero-order valence-corrected chi connectivity index (χ0v) is 14.8. The van der Waals surface area contributed by atoms with E-state index >= 15 is 0 Å². The molecule has 7 heteroatoms. The van der Waals surface area contributed by atoms with E-state index in [-0.39, 0.29) is 30.9 Å². The number of benzene rings is 1. The molecule has 2 aromatic rings. The van der Waals surface area contributed by atoms with Crippen molar-refractivity contribution in [1.29, 1.82) is 0 Å². The number of hydrogen-bond donors (Lipinski definition) is 1. The van der Waals surface area contributed by atoms with Crippen LogP contribution in [0.15, 0.2) is 41.8 Å². The third-order valence-corrected chi connectivity index (χ3v) is 4.38. The molecule has 1 N–H and O–H groups in total. The fourth-order valence-electron chi connectivity index (χ4n) is 2.01. The zero-order valence-electron chi connectivity index (χ0n) is 14.0. The van der Waals surface area contributed by atoms with E-state index in [4.69, 9.17) is 9.47 Å². The van der Waals surface area contributed by atoms with Crippen LogP contribution in [-0.4, -0.2) is 30.9 Å². The number of esters is 1. The second-order valence-corrected chi connectivity index (χ2v) is 6.31. The summed E-state index contributed by atoms with van der Waals surface area (Å²) in [5.74, 6) is -0.624. The van der Waals surface area contributed by atoms with Gasteiger partial charge in [0, 0.05) is 10.4 Å². The SMILES string of the molecule is CC(=O)c1ccc(OCC(=O)OCC(=O)N[C@H](C)c2cccs2)cc1. The Morgan fingerprint density at radius 1 is 1.12 bits per heavy atom. The molecule has 132 valence electrons. The van der Waals surface area contributed by atoms with Crippen molar-refractivity contribution < 1.29 is 23.9 Å². The maximum absolute atomic E-state index is 11.8. The third-order valence-electron chi connectivity index (χ3n) is 3.33. The van der Waals surface area contributed by atoms with Gasteiger partial charge in [0.1, 0.15) is 5.75 Å². The molecule has 0 bridgehead atoms. The molecule has 0 spiro atoms. The molecule has 1 atom stereocenters. The summed E-state index contributed by atoms with van der Waals surface area (Å²) in [6, 6.07) is 10.1. The minimum atomic E-state index is -0.644. The number of Topliss-reactive ketones (excluding diaryl/α,β-unsaturated/α-hetero) is 1. The molecule has 0 aliphatic rings. The monoisotopic (exact) mass is 361 g/mol. The van der Waals surface area contributed by atoms with Crippen molar-refractivity contribution in [2.24, 2.45) is 0 Å². The smallest absolute Gasteiger partial charge is 0.344 e. The van der Waals surface area contributed by atoms with E-state index in [2.05, 4.69) is 5.32 Å². The summed E-state index contributed by atoms with van der Waals surface area (Å²) in [5.41, 5.74) is 0.562. The standard InChI is InChI=1S/C18H19NO5S/c1-12(16-4-3-9-25-16)19-17(21)10-24-18(22)11-23-15-7-5-14(6-8-15)13(2)20/h3-9,12H,10-11H2,1-2H3,(H,19,21)/t12-/m1/s1. The van der Waals surface area contributed by atoms with Crippen molar-refractivity contribution in [2.45, 2.75) is 19.9 Å². The van der Waals surface area contributed by atoms with E-state index in [0.717, 1.165) is 4.88 Å². The number of carbonyl (C=O) groups excluding carboxylic acids is 3. The Hall–Kier alpha value is -2.67. The van der Waals surface area contributed by atoms with Gasteiger partial charge in [0.05, 0.1) is 6.04 Å². The Labute approximate surface area is 149 Å². The van der Waals surface area contributed by atoms with E-state index in [9.17, 15) is 14.4 Å². The third kappa shape index (κ3) is 6.04. The quantitative estimate of drug-likeness (QED) is 0.577. The van der Waals surface area contributed by atoms with Crippen molar-refractivity contribution >= 4 is 29.0 Å². The van der Waals surface area contributed by atoms with Crippen molar-refractivity contribution in [1.82, 2.24) is 5.32 Å². The lowest BCUT2D eigenvalue weighted by atomic mass is 10.1. The molecule has 25 heavy (non-hydrogen) atoms. The Balaban J connectivity index is 1.69. The Morgan fingerprint density at radius 2 is 1.84 bits per heavy atom. The summed E-state index contributed by atoms with van der Waals surface area (Å²) >= 11 is 1.54. The second kappa shape index (κ2) is 8.98. The van der Waals surface area contributed by atoms with E-state index in [1.165, 1.54) is 6.92 Å². The average Bonchev–Trinajstić information content (AvgIpc) is 3.13. The summed E-state index contributed by atoms with van der Waals surface area (Å²) in [6.45, 7) is 2.66. The van der Waals surface area contributed by atoms with Gasteiger partial charge in [0.2, 0.25) is 0 Å². The van der Waals surface area contributed by atoms with Gasteiger partial charge in [-0.05, 0) is 49.6 Å².